The summed E-state index contributed by atoms with van der Waals surface area (Å²) in [6, 6.07) is 77.2. The molecule has 0 spiro atoms. The number of hydrogen-bond donors (Lipinski definition) is 1. The van der Waals surface area contributed by atoms with Gasteiger partial charge in [0.05, 0.1) is 5.69 Å². The van der Waals surface area contributed by atoms with Crippen molar-refractivity contribution in [3.63, 3.8) is 0 Å². The molecule has 0 bridgehead atoms. The largest absolute Gasteiger partial charge is 0.464 e. The summed E-state index contributed by atoms with van der Waals surface area (Å²) >= 11 is 0. The molecular weight excluding hydrogens is 721 g/mol. The molecule has 280 valence electrons. The zero-order valence-electron chi connectivity index (χ0n) is 32.1. The fraction of sp³-hybridized carbons (Fsp3) is 0.0182. The van der Waals surface area contributed by atoms with Gasteiger partial charge < -0.3 is 19.4 Å². The third-order valence-electron chi connectivity index (χ3n) is 11.3. The maximum Gasteiger partial charge on any atom is 0.196 e. The maximum absolute atomic E-state index is 6.47. The number of hydrogen-bond acceptors (Lipinski definition) is 4. The second kappa shape index (κ2) is 14.6. The van der Waals surface area contributed by atoms with Gasteiger partial charge in [-0.2, -0.15) is 0 Å². The molecule has 9 aromatic carbocycles. The van der Waals surface area contributed by atoms with E-state index in [0.717, 1.165) is 67.1 Å². The topological polar surface area (TPSA) is 37.6 Å². The number of anilines is 4. The zero-order chi connectivity index (χ0) is 39.1. The molecule has 4 heteroatoms. The Kier molecular flexibility index (Phi) is 8.52. The fourth-order valence-electron chi connectivity index (χ4n) is 8.26. The van der Waals surface area contributed by atoms with Crippen LogP contribution in [0, 0.1) is 0 Å². The molecule has 1 N–H and O–H groups in total. The molecule has 0 radical (unpaired) electrons. The van der Waals surface area contributed by atoms with Crippen molar-refractivity contribution in [3.8, 4) is 50.3 Å². The van der Waals surface area contributed by atoms with E-state index in [9.17, 15) is 0 Å². The molecule has 2 heterocycles. The van der Waals surface area contributed by atoms with Crippen LogP contribution in [-0.2, 0) is 0 Å². The molecule has 1 aliphatic heterocycles. The molecule has 11 rings (SSSR count). The van der Waals surface area contributed by atoms with Gasteiger partial charge in [-0.05, 0) is 99.1 Å². The summed E-state index contributed by atoms with van der Waals surface area (Å²) in [6.45, 7) is 0. The minimum Gasteiger partial charge on any atom is -0.464 e. The van der Waals surface area contributed by atoms with Crippen LogP contribution in [-0.4, -0.2) is 0 Å². The van der Waals surface area contributed by atoms with E-state index >= 15 is 0 Å². The lowest BCUT2D eigenvalue weighted by atomic mass is 9.99. The molecule has 0 fully saturated rings. The number of benzene rings is 9. The highest BCUT2D eigenvalue weighted by molar-refractivity contribution is 6.08. The molecule has 4 nitrogen and oxygen atoms in total. The monoisotopic (exact) mass is 758 g/mol. The normalized spacial score (nSPS) is 13.2. The summed E-state index contributed by atoms with van der Waals surface area (Å²) in [5.41, 5.74) is 16.3. The Morgan fingerprint density at radius 1 is 0.356 bits per heavy atom. The van der Waals surface area contributed by atoms with Crippen molar-refractivity contribution in [1.29, 1.82) is 0 Å². The van der Waals surface area contributed by atoms with E-state index in [0.29, 0.717) is 0 Å². The lowest BCUT2D eigenvalue weighted by Crippen LogP contribution is -2.10. The number of nitrogens with zero attached hydrogens (tertiary/aromatic N) is 1. The Morgan fingerprint density at radius 3 is 1.46 bits per heavy atom. The van der Waals surface area contributed by atoms with E-state index in [1.807, 2.05) is 18.2 Å². The van der Waals surface area contributed by atoms with Crippen LogP contribution < -0.4 is 15.0 Å². The van der Waals surface area contributed by atoms with Crippen molar-refractivity contribution in [2.45, 2.75) is 6.23 Å². The molecule has 1 unspecified atom stereocenters. The first kappa shape index (κ1) is 34.4. The molecule has 0 saturated heterocycles. The van der Waals surface area contributed by atoms with Gasteiger partial charge in [-0.25, -0.2) is 0 Å². The molecule has 1 aromatic heterocycles. The van der Waals surface area contributed by atoms with Crippen molar-refractivity contribution in [3.05, 3.63) is 224 Å². The van der Waals surface area contributed by atoms with Gasteiger partial charge in [-0.1, -0.05) is 158 Å². The first-order valence-corrected chi connectivity index (χ1v) is 20.0. The fourth-order valence-corrected chi connectivity index (χ4v) is 8.26. The van der Waals surface area contributed by atoms with Crippen LogP contribution in [0.5, 0.6) is 5.75 Å². The average Bonchev–Trinajstić information content (AvgIpc) is 3.90. The van der Waals surface area contributed by atoms with Gasteiger partial charge in [-0.3, -0.25) is 0 Å². The van der Waals surface area contributed by atoms with Crippen LogP contribution in [0.3, 0.4) is 0 Å². The summed E-state index contributed by atoms with van der Waals surface area (Å²) in [5, 5.41) is 5.61. The summed E-state index contributed by atoms with van der Waals surface area (Å²) in [5.74, 6) is 0.833. The summed E-state index contributed by atoms with van der Waals surface area (Å²) in [6.07, 6.45) is -0.217. The van der Waals surface area contributed by atoms with Gasteiger partial charge in [0, 0.05) is 39.5 Å². The van der Waals surface area contributed by atoms with Gasteiger partial charge in [-0.15, -0.1) is 0 Å². The number of fused-ring (bicyclic) bond motifs is 4. The third-order valence-corrected chi connectivity index (χ3v) is 11.3. The predicted octanol–water partition coefficient (Wildman–Crippen LogP) is 15.2. The molecule has 1 atom stereocenters. The van der Waals surface area contributed by atoms with Gasteiger partial charge in [0.1, 0.15) is 16.9 Å². The van der Waals surface area contributed by atoms with Gasteiger partial charge in [0.15, 0.2) is 6.23 Å². The van der Waals surface area contributed by atoms with Crippen LogP contribution in [0.2, 0.25) is 0 Å². The van der Waals surface area contributed by atoms with Crippen LogP contribution in [0.1, 0.15) is 11.8 Å². The van der Waals surface area contributed by atoms with E-state index in [2.05, 4.69) is 210 Å². The van der Waals surface area contributed by atoms with E-state index in [1.54, 1.807) is 0 Å². The van der Waals surface area contributed by atoms with E-state index < -0.39 is 0 Å². The molecule has 59 heavy (non-hydrogen) atoms. The molecule has 0 amide bonds. The Labute approximate surface area is 343 Å². The quantitative estimate of drug-likeness (QED) is 0.167. The van der Waals surface area contributed by atoms with E-state index in [-0.39, 0.29) is 6.23 Å². The van der Waals surface area contributed by atoms with Crippen LogP contribution in [0.15, 0.2) is 223 Å². The molecule has 0 saturated carbocycles. The minimum absolute atomic E-state index is 0.217. The van der Waals surface area contributed by atoms with E-state index in [1.165, 1.54) is 33.4 Å². The van der Waals surface area contributed by atoms with Crippen molar-refractivity contribution >= 4 is 44.7 Å². The molecular formula is C55H38N2O2. The summed E-state index contributed by atoms with van der Waals surface area (Å²) in [7, 11) is 0. The molecule has 10 aromatic rings. The molecule has 0 aliphatic carbocycles. The Bertz CT molecular complexity index is 3070. The van der Waals surface area contributed by atoms with Gasteiger partial charge >= 0.3 is 0 Å². The maximum atomic E-state index is 6.47. The van der Waals surface area contributed by atoms with Crippen molar-refractivity contribution in [1.82, 2.24) is 0 Å². The average molecular weight is 759 g/mol. The first-order chi connectivity index (χ1) is 29.2. The van der Waals surface area contributed by atoms with Crippen LogP contribution in [0.25, 0.3) is 66.4 Å². The highest BCUT2D eigenvalue weighted by Gasteiger charge is 2.25. The second-order valence-corrected chi connectivity index (χ2v) is 15.0. The number of furan rings is 1. The van der Waals surface area contributed by atoms with Crippen LogP contribution >= 0.6 is 0 Å². The SMILES string of the molecule is c1ccc(-c2ccc(-c3ccc(N(c4ccc(-c5ccc6c(c5)oc5cc7c(cc56)OC(c5ccccc5)N7)cc4)c4cccc(-c5ccccc5)c4)cc3)cc2)cc1. The third kappa shape index (κ3) is 6.57. The predicted molar refractivity (Wildman–Crippen MR) is 244 cm³/mol. The lowest BCUT2D eigenvalue weighted by Gasteiger charge is -2.26. The van der Waals surface area contributed by atoms with Crippen molar-refractivity contribution < 1.29 is 9.15 Å². The zero-order valence-corrected chi connectivity index (χ0v) is 32.1. The van der Waals surface area contributed by atoms with Crippen molar-refractivity contribution in [2.24, 2.45) is 0 Å². The van der Waals surface area contributed by atoms with E-state index in [4.69, 9.17) is 9.15 Å². The standard InChI is InChI=1S/C55H38N2O2/c1-4-11-37(12-5-1)39-19-21-40(22-20-39)41-23-28-46(29-24-41)57(48-18-10-17-44(33-48)38-13-6-2-7-14-38)47-30-25-42(26-31-47)45-27-32-49-50-35-54-51(36-53(50)58-52(49)34-45)56-55(59-54)43-15-8-3-9-16-43/h1-36,55-56H. The number of ether oxygens (including phenoxy) is 1. The Hall–Kier alpha value is -7.82. The minimum atomic E-state index is -0.217. The van der Waals surface area contributed by atoms with Crippen LogP contribution in [0.4, 0.5) is 22.7 Å². The lowest BCUT2D eigenvalue weighted by molar-refractivity contribution is 0.260. The molecule has 1 aliphatic rings. The van der Waals surface area contributed by atoms with Crippen molar-refractivity contribution in [2.75, 3.05) is 10.2 Å². The number of rotatable bonds is 8. The highest BCUT2D eigenvalue weighted by Crippen LogP contribution is 2.44. The highest BCUT2D eigenvalue weighted by atomic mass is 16.5. The Balaban J connectivity index is 0.906. The smallest absolute Gasteiger partial charge is 0.196 e. The Morgan fingerprint density at radius 2 is 0.831 bits per heavy atom. The number of nitrogens with one attached hydrogen (secondary N) is 1. The summed E-state index contributed by atoms with van der Waals surface area (Å²) in [4.78, 5) is 2.33. The second-order valence-electron chi connectivity index (χ2n) is 15.0. The first-order valence-electron chi connectivity index (χ1n) is 20.0. The van der Waals surface area contributed by atoms with Gasteiger partial charge in [0.25, 0.3) is 0 Å². The summed E-state index contributed by atoms with van der Waals surface area (Å²) < 4.78 is 12.8. The van der Waals surface area contributed by atoms with Gasteiger partial charge in [0.2, 0.25) is 0 Å².